The maximum absolute atomic E-state index is 10.9. The lowest BCUT2D eigenvalue weighted by Gasteiger charge is -2.27. The number of hydrogen-bond donors (Lipinski definition) is 1. The van der Waals surface area contributed by atoms with Crippen molar-refractivity contribution >= 4 is 0 Å². The zero-order valence-electron chi connectivity index (χ0n) is 12.2. The topological polar surface area (TPSA) is 20.2 Å². The van der Waals surface area contributed by atoms with Crippen LogP contribution in [0.2, 0.25) is 0 Å². The summed E-state index contributed by atoms with van der Waals surface area (Å²) in [5.74, 6) is 0. The second-order valence-electron chi connectivity index (χ2n) is 5.44. The van der Waals surface area contributed by atoms with Crippen LogP contribution in [0.4, 0.5) is 0 Å². The van der Waals surface area contributed by atoms with Gasteiger partial charge >= 0.3 is 0 Å². The highest BCUT2D eigenvalue weighted by atomic mass is 16.3. The van der Waals surface area contributed by atoms with E-state index in [0.717, 1.165) is 23.1 Å². The lowest BCUT2D eigenvalue weighted by atomic mass is 9.84. The van der Waals surface area contributed by atoms with Crippen LogP contribution in [0.1, 0.15) is 41.7 Å². The van der Waals surface area contributed by atoms with Crippen LogP contribution in [0.25, 0.3) is 0 Å². The summed E-state index contributed by atoms with van der Waals surface area (Å²) in [5.41, 5.74) is 4.62. The van der Waals surface area contributed by atoms with Crippen molar-refractivity contribution in [2.75, 3.05) is 0 Å². The van der Waals surface area contributed by atoms with E-state index in [9.17, 15) is 5.11 Å². The number of rotatable bonds is 3. The summed E-state index contributed by atoms with van der Waals surface area (Å²) in [4.78, 5) is 0. The van der Waals surface area contributed by atoms with Crippen LogP contribution in [0, 0.1) is 13.8 Å². The molecule has 0 saturated heterocycles. The summed E-state index contributed by atoms with van der Waals surface area (Å²) < 4.78 is 0. The monoisotopic (exact) mass is 254 g/mol. The van der Waals surface area contributed by atoms with Crippen LogP contribution in [-0.2, 0) is 12.0 Å². The fourth-order valence-electron chi connectivity index (χ4n) is 2.58. The molecule has 1 atom stereocenters. The molecule has 0 heterocycles. The van der Waals surface area contributed by atoms with Crippen LogP contribution in [0.15, 0.2) is 42.5 Å². The maximum atomic E-state index is 10.9. The molecule has 1 nitrogen and oxygen atoms in total. The highest BCUT2D eigenvalue weighted by molar-refractivity contribution is 5.42. The molecule has 0 aliphatic carbocycles. The lowest BCUT2D eigenvalue weighted by Crippen LogP contribution is -2.24. The van der Waals surface area contributed by atoms with E-state index in [0.29, 0.717) is 0 Å². The minimum Gasteiger partial charge on any atom is -0.381 e. The standard InChI is InChI=1S/C18H22O/c1-5-15-7-9-16(10-8-15)18(4,19)17-11-6-13(2)12-14(17)3/h6-12,19H,5H2,1-4H3. The van der Waals surface area contributed by atoms with Crippen molar-refractivity contribution < 1.29 is 5.11 Å². The molecule has 0 bridgehead atoms. The fourth-order valence-corrected chi connectivity index (χ4v) is 2.58. The van der Waals surface area contributed by atoms with Crippen molar-refractivity contribution in [3.05, 3.63) is 70.3 Å². The minimum atomic E-state index is -0.940. The molecule has 0 aliphatic rings. The first kappa shape index (κ1) is 13.8. The molecule has 0 spiro atoms. The molecule has 0 amide bonds. The first-order valence-electron chi connectivity index (χ1n) is 6.84. The van der Waals surface area contributed by atoms with E-state index in [2.05, 4.69) is 45.0 Å². The Balaban J connectivity index is 2.45. The SMILES string of the molecule is CCc1ccc(C(C)(O)c2ccc(C)cc2C)cc1. The summed E-state index contributed by atoms with van der Waals surface area (Å²) in [6.45, 7) is 8.13. The van der Waals surface area contributed by atoms with Crippen LogP contribution in [-0.4, -0.2) is 5.11 Å². The predicted molar refractivity (Wildman–Crippen MR) is 80.4 cm³/mol. The van der Waals surface area contributed by atoms with E-state index in [-0.39, 0.29) is 0 Å². The third-order valence-corrected chi connectivity index (χ3v) is 3.83. The summed E-state index contributed by atoms with van der Waals surface area (Å²) >= 11 is 0. The quantitative estimate of drug-likeness (QED) is 0.873. The summed E-state index contributed by atoms with van der Waals surface area (Å²) in [6.07, 6.45) is 1.02. The Morgan fingerprint density at radius 3 is 2.16 bits per heavy atom. The molecular weight excluding hydrogens is 232 g/mol. The smallest absolute Gasteiger partial charge is 0.112 e. The van der Waals surface area contributed by atoms with Gasteiger partial charge in [0.15, 0.2) is 0 Å². The Hall–Kier alpha value is -1.60. The van der Waals surface area contributed by atoms with Gasteiger partial charge in [-0.2, -0.15) is 0 Å². The Bertz CT molecular complexity index is 565. The van der Waals surface area contributed by atoms with E-state index in [1.54, 1.807) is 0 Å². The van der Waals surface area contributed by atoms with Gasteiger partial charge in [-0.1, -0.05) is 55.0 Å². The molecule has 0 aromatic heterocycles. The fraction of sp³-hybridized carbons (Fsp3) is 0.333. The molecule has 2 aromatic rings. The van der Waals surface area contributed by atoms with E-state index >= 15 is 0 Å². The van der Waals surface area contributed by atoms with Crippen LogP contribution in [0.5, 0.6) is 0 Å². The van der Waals surface area contributed by atoms with E-state index in [1.807, 2.05) is 25.1 Å². The largest absolute Gasteiger partial charge is 0.381 e. The minimum absolute atomic E-state index is 0.940. The van der Waals surface area contributed by atoms with Crippen LogP contribution >= 0.6 is 0 Å². The maximum Gasteiger partial charge on any atom is 0.112 e. The average Bonchev–Trinajstić information content (AvgIpc) is 2.38. The van der Waals surface area contributed by atoms with Gasteiger partial charge in [-0.25, -0.2) is 0 Å². The second-order valence-corrected chi connectivity index (χ2v) is 5.44. The highest BCUT2D eigenvalue weighted by Gasteiger charge is 2.26. The van der Waals surface area contributed by atoms with Gasteiger partial charge in [0, 0.05) is 0 Å². The van der Waals surface area contributed by atoms with Crippen LogP contribution < -0.4 is 0 Å². The Morgan fingerprint density at radius 2 is 1.63 bits per heavy atom. The van der Waals surface area contributed by atoms with Crippen LogP contribution in [0.3, 0.4) is 0 Å². The number of hydrogen-bond acceptors (Lipinski definition) is 1. The third-order valence-electron chi connectivity index (χ3n) is 3.83. The van der Waals surface area contributed by atoms with Gasteiger partial charge < -0.3 is 5.11 Å². The van der Waals surface area contributed by atoms with Crippen molar-refractivity contribution in [3.63, 3.8) is 0 Å². The summed E-state index contributed by atoms with van der Waals surface area (Å²) in [7, 11) is 0. The van der Waals surface area contributed by atoms with Crippen molar-refractivity contribution in [1.29, 1.82) is 0 Å². The first-order chi connectivity index (χ1) is 8.95. The van der Waals surface area contributed by atoms with Gasteiger partial charge in [-0.15, -0.1) is 0 Å². The second kappa shape index (κ2) is 5.18. The first-order valence-corrected chi connectivity index (χ1v) is 6.84. The lowest BCUT2D eigenvalue weighted by molar-refractivity contribution is 0.101. The molecule has 1 unspecified atom stereocenters. The van der Waals surface area contributed by atoms with Crippen molar-refractivity contribution in [2.45, 2.75) is 39.7 Å². The molecule has 19 heavy (non-hydrogen) atoms. The van der Waals surface area contributed by atoms with Gasteiger partial charge in [0.25, 0.3) is 0 Å². The molecular formula is C18H22O. The molecule has 100 valence electrons. The van der Waals surface area contributed by atoms with Crippen molar-refractivity contribution in [1.82, 2.24) is 0 Å². The average molecular weight is 254 g/mol. The molecule has 2 aromatic carbocycles. The Labute approximate surface area is 115 Å². The van der Waals surface area contributed by atoms with Gasteiger partial charge in [0.2, 0.25) is 0 Å². The molecule has 0 radical (unpaired) electrons. The van der Waals surface area contributed by atoms with Gasteiger partial charge in [-0.3, -0.25) is 0 Å². The normalized spacial score (nSPS) is 14.2. The van der Waals surface area contributed by atoms with E-state index in [1.165, 1.54) is 11.1 Å². The number of benzene rings is 2. The zero-order chi connectivity index (χ0) is 14.0. The van der Waals surface area contributed by atoms with Crippen molar-refractivity contribution in [2.24, 2.45) is 0 Å². The summed E-state index contributed by atoms with van der Waals surface area (Å²) in [6, 6.07) is 14.4. The van der Waals surface area contributed by atoms with E-state index in [4.69, 9.17) is 0 Å². The van der Waals surface area contributed by atoms with Gasteiger partial charge in [0.05, 0.1) is 0 Å². The summed E-state index contributed by atoms with van der Waals surface area (Å²) in [5, 5.41) is 10.9. The van der Waals surface area contributed by atoms with Gasteiger partial charge in [-0.05, 0) is 49.4 Å². The van der Waals surface area contributed by atoms with Gasteiger partial charge in [0.1, 0.15) is 5.60 Å². The molecule has 0 aliphatic heterocycles. The Kier molecular flexibility index (Phi) is 3.77. The molecule has 2 rings (SSSR count). The highest BCUT2D eigenvalue weighted by Crippen LogP contribution is 2.31. The zero-order valence-corrected chi connectivity index (χ0v) is 12.2. The molecule has 0 fully saturated rings. The number of aliphatic hydroxyl groups is 1. The molecule has 1 heteroatoms. The molecule has 1 N–H and O–H groups in total. The Morgan fingerprint density at radius 1 is 1.00 bits per heavy atom. The number of aryl methyl sites for hydroxylation is 3. The third kappa shape index (κ3) is 2.71. The molecule has 0 saturated carbocycles. The van der Waals surface area contributed by atoms with Crippen molar-refractivity contribution in [3.8, 4) is 0 Å². The van der Waals surface area contributed by atoms with E-state index < -0.39 is 5.60 Å². The predicted octanol–water partition coefficient (Wildman–Crippen LogP) is 4.12.